The van der Waals surface area contributed by atoms with Crippen molar-refractivity contribution in [1.82, 2.24) is 14.2 Å². The summed E-state index contributed by atoms with van der Waals surface area (Å²) in [6.07, 6.45) is 4.88. The average Bonchev–Trinajstić information content (AvgIpc) is 3.34. The molecule has 0 unspecified atom stereocenters. The van der Waals surface area contributed by atoms with Gasteiger partial charge < -0.3 is 4.90 Å². The Bertz CT molecular complexity index is 1290. The van der Waals surface area contributed by atoms with Crippen molar-refractivity contribution in [2.24, 2.45) is 0 Å². The highest BCUT2D eigenvalue weighted by molar-refractivity contribution is 7.98. The van der Waals surface area contributed by atoms with Crippen molar-refractivity contribution < 1.29 is 13.2 Å². The molecule has 0 spiro atoms. The van der Waals surface area contributed by atoms with Crippen LogP contribution in [0.5, 0.6) is 0 Å². The molecule has 0 atom stereocenters. The van der Waals surface area contributed by atoms with Crippen molar-refractivity contribution in [2.75, 3.05) is 50.4 Å². The van der Waals surface area contributed by atoms with Crippen molar-refractivity contribution in [2.45, 2.75) is 42.9 Å². The summed E-state index contributed by atoms with van der Waals surface area (Å²) in [7, 11) is -3.54. The molecular weight excluding hydrogens is 548 g/mol. The number of fused-ring (bicyclic) bond motifs is 1. The zero-order valence-corrected chi connectivity index (χ0v) is 24.8. The van der Waals surface area contributed by atoms with Crippen LogP contribution >= 0.6 is 35.5 Å². The predicted octanol–water partition coefficient (Wildman–Crippen LogP) is 5.60. The first-order valence-corrected chi connectivity index (χ1v) is 15.9. The minimum absolute atomic E-state index is 0. The summed E-state index contributed by atoms with van der Waals surface area (Å²) in [5.41, 5.74) is 1.33. The molecule has 1 aliphatic heterocycles. The fourth-order valence-electron chi connectivity index (χ4n) is 4.38. The molecule has 3 aromatic rings. The molecule has 0 N–H and O–H groups in total. The minimum Gasteiger partial charge on any atom is -0.302 e. The molecule has 0 bridgehead atoms. The number of hydrogen-bond acceptors (Lipinski definition) is 7. The van der Waals surface area contributed by atoms with E-state index in [1.54, 1.807) is 45.2 Å². The summed E-state index contributed by atoms with van der Waals surface area (Å²) in [6, 6.07) is 12.5. The number of sulfonamides is 1. The van der Waals surface area contributed by atoms with Crippen LogP contribution in [-0.4, -0.2) is 74.0 Å². The van der Waals surface area contributed by atoms with E-state index in [0.717, 1.165) is 54.0 Å². The Hall–Kier alpha value is -1.69. The second-order valence-corrected chi connectivity index (χ2v) is 12.6. The fourth-order valence-corrected chi connectivity index (χ4v) is 7.44. The number of likely N-dealkylation sites (N-methyl/N-ethyl adjacent to an activating group) is 1. The lowest BCUT2D eigenvalue weighted by atomic mass is 10.2. The molecule has 11 heteroatoms. The fraction of sp³-hybridized carbons (Fsp3) is 0.462. The first-order valence-electron chi connectivity index (χ1n) is 12.5. The topological polar surface area (TPSA) is 73.8 Å². The minimum atomic E-state index is -3.54. The molecule has 37 heavy (non-hydrogen) atoms. The van der Waals surface area contributed by atoms with Gasteiger partial charge in [0.25, 0.3) is 5.91 Å². The van der Waals surface area contributed by atoms with E-state index in [1.165, 1.54) is 11.3 Å². The Kier molecular flexibility index (Phi) is 10.8. The summed E-state index contributed by atoms with van der Waals surface area (Å²) in [5.74, 6) is -0.173. The first-order chi connectivity index (χ1) is 17.4. The van der Waals surface area contributed by atoms with Crippen LogP contribution in [0.15, 0.2) is 52.3 Å². The number of anilines is 1. The summed E-state index contributed by atoms with van der Waals surface area (Å²) in [6.45, 7) is 8.36. The molecule has 2 heterocycles. The number of piperidine rings is 1. The number of amides is 1. The van der Waals surface area contributed by atoms with E-state index in [9.17, 15) is 13.2 Å². The Morgan fingerprint density at radius 2 is 1.70 bits per heavy atom. The smallest absolute Gasteiger partial charge is 0.260 e. The van der Waals surface area contributed by atoms with Crippen molar-refractivity contribution >= 4 is 66.8 Å². The number of aromatic nitrogens is 1. The van der Waals surface area contributed by atoms with Gasteiger partial charge in [0.05, 0.1) is 15.1 Å². The number of carbonyl (C=O) groups excluding carboxylic acids is 1. The normalized spacial score (nSPS) is 14.6. The molecule has 1 amide bonds. The van der Waals surface area contributed by atoms with Gasteiger partial charge in [0, 0.05) is 36.6 Å². The number of nitrogens with zero attached hydrogens (tertiary/aromatic N) is 4. The maximum absolute atomic E-state index is 13.7. The van der Waals surface area contributed by atoms with Crippen LogP contribution in [0.4, 0.5) is 5.13 Å². The van der Waals surface area contributed by atoms with Gasteiger partial charge in [0.15, 0.2) is 5.13 Å². The van der Waals surface area contributed by atoms with Gasteiger partial charge in [-0.2, -0.15) is 4.31 Å². The molecule has 1 saturated heterocycles. The van der Waals surface area contributed by atoms with Gasteiger partial charge >= 0.3 is 0 Å². The highest BCUT2D eigenvalue weighted by atomic mass is 35.5. The zero-order chi connectivity index (χ0) is 25.7. The molecule has 0 saturated carbocycles. The van der Waals surface area contributed by atoms with E-state index in [-0.39, 0.29) is 23.2 Å². The highest BCUT2D eigenvalue weighted by Crippen LogP contribution is 2.32. The Morgan fingerprint density at radius 3 is 2.32 bits per heavy atom. The molecule has 1 fully saturated rings. The predicted molar refractivity (Wildman–Crippen MR) is 157 cm³/mol. The summed E-state index contributed by atoms with van der Waals surface area (Å²) in [5, 5.41) is 0.658. The molecular formula is C26H35ClN4O3S3. The molecule has 7 nitrogen and oxygen atoms in total. The van der Waals surface area contributed by atoms with Gasteiger partial charge in [0.2, 0.25) is 10.0 Å². The van der Waals surface area contributed by atoms with Crippen LogP contribution in [0.2, 0.25) is 0 Å². The Labute approximate surface area is 234 Å². The number of carbonyl (C=O) groups is 1. The highest BCUT2D eigenvalue weighted by Gasteiger charge is 2.27. The standard InChI is InChI=1S/C26H34N4O3S3.ClH/c1-4-28(5-2)17-18-30(26-27-23-14-11-21(34-3)19-24(23)35-26)25(31)20-9-12-22(13-10-20)36(32,33)29-15-7-6-8-16-29;/h9-14,19H,4-8,15-18H2,1-3H3;1H. The van der Waals surface area contributed by atoms with Crippen molar-refractivity contribution in [3.8, 4) is 0 Å². The lowest BCUT2D eigenvalue weighted by Crippen LogP contribution is -2.39. The van der Waals surface area contributed by atoms with Gasteiger partial charge in [-0.25, -0.2) is 13.4 Å². The van der Waals surface area contributed by atoms with Crippen LogP contribution < -0.4 is 4.90 Å². The molecule has 1 aliphatic rings. The van der Waals surface area contributed by atoms with E-state index in [0.29, 0.717) is 30.3 Å². The number of hydrogen-bond donors (Lipinski definition) is 0. The van der Waals surface area contributed by atoms with Crippen molar-refractivity contribution in [3.63, 3.8) is 0 Å². The number of rotatable bonds is 10. The third kappa shape index (κ3) is 6.85. The summed E-state index contributed by atoms with van der Waals surface area (Å²) < 4.78 is 28.7. The average molecular weight is 583 g/mol. The second-order valence-electron chi connectivity index (χ2n) is 8.80. The lowest BCUT2D eigenvalue weighted by Gasteiger charge is -2.26. The van der Waals surface area contributed by atoms with Crippen LogP contribution in [0.25, 0.3) is 10.2 Å². The third-order valence-corrected chi connectivity index (χ3v) is 10.3. The van der Waals surface area contributed by atoms with E-state index in [2.05, 4.69) is 24.8 Å². The number of thioether (sulfide) groups is 1. The molecule has 2 aromatic carbocycles. The second kappa shape index (κ2) is 13.4. The Morgan fingerprint density at radius 1 is 1.03 bits per heavy atom. The zero-order valence-electron chi connectivity index (χ0n) is 21.6. The van der Waals surface area contributed by atoms with E-state index in [1.807, 2.05) is 18.4 Å². The molecule has 0 radical (unpaired) electrons. The maximum atomic E-state index is 13.7. The number of thiazole rings is 1. The monoisotopic (exact) mass is 582 g/mol. The van der Waals surface area contributed by atoms with E-state index in [4.69, 9.17) is 4.98 Å². The SMILES string of the molecule is CCN(CC)CCN(C(=O)c1ccc(S(=O)(=O)N2CCCCC2)cc1)c1nc2ccc(SC)cc2s1.Cl. The summed E-state index contributed by atoms with van der Waals surface area (Å²) in [4.78, 5) is 23.9. The first kappa shape index (κ1) is 29.9. The van der Waals surface area contributed by atoms with Gasteiger partial charge in [-0.3, -0.25) is 9.69 Å². The maximum Gasteiger partial charge on any atom is 0.260 e. The molecule has 0 aliphatic carbocycles. The largest absolute Gasteiger partial charge is 0.302 e. The van der Waals surface area contributed by atoms with E-state index >= 15 is 0 Å². The van der Waals surface area contributed by atoms with E-state index < -0.39 is 10.0 Å². The Balaban J connectivity index is 0.00000380. The van der Waals surface area contributed by atoms with Gasteiger partial charge in [0.1, 0.15) is 0 Å². The van der Waals surface area contributed by atoms with Crippen LogP contribution in [-0.2, 0) is 10.0 Å². The molecule has 1 aromatic heterocycles. The number of benzene rings is 2. The third-order valence-electron chi connectivity index (χ3n) is 6.65. The quantitative estimate of drug-likeness (QED) is 0.290. The number of halogens is 1. The van der Waals surface area contributed by atoms with Gasteiger partial charge in [-0.15, -0.1) is 24.2 Å². The van der Waals surface area contributed by atoms with Gasteiger partial charge in [-0.1, -0.05) is 31.6 Å². The van der Waals surface area contributed by atoms with Crippen LogP contribution in [0, 0.1) is 0 Å². The van der Waals surface area contributed by atoms with Crippen molar-refractivity contribution in [1.29, 1.82) is 0 Å². The van der Waals surface area contributed by atoms with Crippen LogP contribution in [0.1, 0.15) is 43.5 Å². The summed E-state index contributed by atoms with van der Waals surface area (Å²) >= 11 is 3.19. The van der Waals surface area contributed by atoms with Gasteiger partial charge in [-0.05, 0) is 74.7 Å². The van der Waals surface area contributed by atoms with Crippen molar-refractivity contribution in [3.05, 3.63) is 48.0 Å². The lowest BCUT2D eigenvalue weighted by molar-refractivity contribution is 0.0983. The molecule has 202 valence electrons. The molecule has 4 rings (SSSR count). The van der Waals surface area contributed by atoms with Crippen LogP contribution in [0.3, 0.4) is 0 Å².